The molecule has 0 aliphatic heterocycles. The Labute approximate surface area is 132 Å². The van der Waals surface area contributed by atoms with Crippen molar-refractivity contribution >= 4 is 11.6 Å². The zero-order chi connectivity index (χ0) is 16.8. The van der Waals surface area contributed by atoms with E-state index < -0.39 is 4.92 Å². The molecule has 0 fully saturated rings. The smallest absolute Gasteiger partial charge is 0.306 e. The first-order valence-electron chi connectivity index (χ1n) is 6.72. The molecular formula is C14H16N4O5. The monoisotopic (exact) mass is 320 g/mol. The molecule has 1 aromatic carbocycles. The third-order valence-corrected chi connectivity index (χ3v) is 3.11. The summed E-state index contributed by atoms with van der Waals surface area (Å²) < 4.78 is 11.6. The molecule has 1 amide bonds. The molecule has 23 heavy (non-hydrogen) atoms. The van der Waals surface area contributed by atoms with Gasteiger partial charge in [0.25, 0.3) is 5.91 Å². The van der Waals surface area contributed by atoms with Crippen LogP contribution in [0.4, 0.5) is 5.69 Å². The van der Waals surface area contributed by atoms with E-state index in [1.165, 1.54) is 25.1 Å². The van der Waals surface area contributed by atoms with Crippen LogP contribution < -0.4 is 14.8 Å². The first-order valence-corrected chi connectivity index (χ1v) is 6.72. The normalized spacial score (nSPS) is 10.2. The van der Waals surface area contributed by atoms with E-state index in [0.717, 1.165) is 6.20 Å². The van der Waals surface area contributed by atoms with Gasteiger partial charge in [-0.1, -0.05) is 0 Å². The second-order valence-electron chi connectivity index (χ2n) is 4.54. The van der Waals surface area contributed by atoms with Gasteiger partial charge in [-0.3, -0.25) is 19.6 Å². The highest BCUT2D eigenvalue weighted by atomic mass is 16.6. The molecule has 2 rings (SSSR count). The fourth-order valence-corrected chi connectivity index (χ4v) is 1.93. The number of carbonyl (C=O) groups excluding carboxylic acids is 1. The summed E-state index contributed by atoms with van der Waals surface area (Å²) in [6.45, 7) is 0.588. The standard InChI is InChI=1S/C14H16N4O5/c1-22-11-3-4-12(13(7-11)23-2)14(19)15-5-6-17-9-10(8-16-17)18(20)21/h3-4,7-9H,5-6H2,1-2H3,(H,15,19). The molecule has 0 aliphatic carbocycles. The molecule has 1 heterocycles. The zero-order valence-electron chi connectivity index (χ0n) is 12.7. The third kappa shape index (κ3) is 3.96. The maximum absolute atomic E-state index is 12.2. The van der Waals surface area contributed by atoms with Crippen LogP contribution in [0, 0.1) is 10.1 Å². The minimum Gasteiger partial charge on any atom is -0.497 e. The van der Waals surface area contributed by atoms with Crippen LogP contribution in [-0.2, 0) is 6.54 Å². The number of aromatic nitrogens is 2. The highest BCUT2D eigenvalue weighted by Gasteiger charge is 2.13. The number of carbonyl (C=O) groups is 1. The second kappa shape index (κ2) is 7.25. The minimum atomic E-state index is -0.524. The van der Waals surface area contributed by atoms with Gasteiger partial charge in [0.15, 0.2) is 0 Å². The SMILES string of the molecule is COc1ccc(C(=O)NCCn2cc([N+](=O)[O-])cn2)c(OC)c1. The number of hydrogen-bond donors (Lipinski definition) is 1. The molecule has 0 aliphatic rings. The fraction of sp³-hybridized carbons (Fsp3) is 0.286. The van der Waals surface area contributed by atoms with Crippen LogP contribution in [0.2, 0.25) is 0 Å². The molecule has 0 saturated carbocycles. The number of nitro groups is 1. The van der Waals surface area contributed by atoms with Crippen LogP contribution >= 0.6 is 0 Å². The van der Waals surface area contributed by atoms with Crippen LogP contribution in [0.1, 0.15) is 10.4 Å². The summed E-state index contributed by atoms with van der Waals surface area (Å²) in [5.74, 6) is 0.671. The molecule has 0 atom stereocenters. The van der Waals surface area contributed by atoms with Crippen molar-refractivity contribution in [3.05, 3.63) is 46.3 Å². The summed E-state index contributed by atoms with van der Waals surface area (Å²) in [4.78, 5) is 22.2. The van der Waals surface area contributed by atoms with Gasteiger partial charge < -0.3 is 14.8 Å². The average Bonchev–Trinajstić information content (AvgIpc) is 3.03. The van der Waals surface area contributed by atoms with Gasteiger partial charge in [-0.05, 0) is 12.1 Å². The molecule has 0 unspecified atom stereocenters. The molecule has 0 bridgehead atoms. The van der Waals surface area contributed by atoms with Crippen molar-refractivity contribution in [1.82, 2.24) is 15.1 Å². The van der Waals surface area contributed by atoms with Crippen LogP contribution in [-0.4, -0.2) is 41.4 Å². The van der Waals surface area contributed by atoms with Crippen molar-refractivity contribution in [2.75, 3.05) is 20.8 Å². The largest absolute Gasteiger partial charge is 0.497 e. The number of hydrogen-bond acceptors (Lipinski definition) is 6. The molecule has 2 aromatic rings. The van der Waals surface area contributed by atoms with Gasteiger partial charge in [0.05, 0.1) is 31.3 Å². The number of methoxy groups -OCH3 is 2. The van der Waals surface area contributed by atoms with Crippen LogP contribution in [0.15, 0.2) is 30.6 Å². The molecule has 1 N–H and O–H groups in total. The summed E-state index contributed by atoms with van der Waals surface area (Å²) in [6, 6.07) is 4.88. The Morgan fingerprint density at radius 2 is 2.17 bits per heavy atom. The molecule has 122 valence electrons. The molecule has 0 spiro atoms. The van der Waals surface area contributed by atoms with Crippen LogP contribution in [0.25, 0.3) is 0 Å². The van der Waals surface area contributed by atoms with E-state index in [9.17, 15) is 14.9 Å². The van der Waals surface area contributed by atoms with E-state index in [-0.39, 0.29) is 18.1 Å². The average molecular weight is 320 g/mol. The van der Waals surface area contributed by atoms with Gasteiger partial charge in [-0.15, -0.1) is 0 Å². The first-order chi connectivity index (χ1) is 11.0. The Kier molecular flexibility index (Phi) is 5.13. The number of rotatable bonds is 7. The summed E-state index contributed by atoms with van der Waals surface area (Å²) in [5.41, 5.74) is 0.285. The first kappa shape index (κ1) is 16.3. The van der Waals surface area contributed by atoms with Gasteiger partial charge in [-0.25, -0.2) is 0 Å². The zero-order valence-corrected chi connectivity index (χ0v) is 12.7. The number of benzene rings is 1. The van der Waals surface area contributed by atoms with Gasteiger partial charge in [0.1, 0.15) is 23.9 Å². The fourth-order valence-electron chi connectivity index (χ4n) is 1.93. The quantitative estimate of drug-likeness (QED) is 0.607. The second-order valence-corrected chi connectivity index (χ2v) is 4.54. The van der Waals surface area contributed by atoms with Crippen LogP contribution in [0.5, 0.6) is 11.5 Å². The Bertz CT molecular complexity index is 713. The van der Waals surface area contributed by atoms with E-state index in [1.54, 1.807) is 18.2 Å². The topological polar surface area (TPSA) is 109 Å². The lowest BCUT2D eigenvalue weighted by atomic mass is 10.1. The summed E-state index contributed by atoms with van der Waals surface area (Å²) in [6.07, 6.45) is 2.47. The Hall–Kier alpha value is -3.10. The van der Waals surface area contributed by atoms with Gasteiger partial charge >= 0.3 is 5.69 Å². The summed E-state index contributed by atoms with van der Waals surface area (Å²) in [7, 11) is 2.99. The number of ether oxygens (including phenoxy) is 2. The molecule has 1 aromatic heterocycles. The van der Waals surface area contributed by atoms with Crippen molar-refractivity contribution in [1.29, 1.82) is 0 Å². The van der Waals surface area contributed by atoms with E-state index >= 15 is 0 Å². The molecule has 0 radical (unpaired) electrons. The summed E-state index contributed by atoms with van der Waals surface area (Å²) >= 11 is 0. The van der Waals surface area contributed by atoms with E-state index in [1.807, 2.05) is 0 Å². The van der Waals surface area contributed by atoms with Crippen molar-refractivity contribution in [3.8, 4) is 11.5 Å². The highest BCUT2D eigenvalue weighted by Crippen LogP contribution is 2.24. The van der Waals surface area contributed by atoms with Crippen molar-refractivity contribution in [2.45, 2.75) is 6.54 Å². The van der Waals surface area contributed by atoms with E-state index in [0.29, 0.717) is 23.6 Å². The van der Waals surface area contributed by atoms with Crippen molar-refractivity contribution in [2.24, 2.45) is 0 Å². The van der Waals surface area contributed by atoms with Gasteiger partial charge in [0, 0.05) is 12.6 Å². The number of nitrogens with one attached hydrogen (secondary N) is 1. The molecule has 0 saturated heterocycles. The third-order valence-electron chi connectivity index (χ3n) is 3.11. The lowest BCUT2D eigenvalue weighted by molar-refractivity contribution is -0.385. The van der Waals surface area contributed by atoms with Crippen LogP contribution in [0.3, 0.4) is 0 Å². The summed E-state index contributed by atoms with van der Waals surface area (Å²) in [5, 5.41) is 17.1. The van der Waals surface area contributed by atoms with E-state index in [2.05, 4.69) is 10.4 Å². The highest BCUT2D eigenvalue weighted by molar-refractivity contribution is 5.97. The van der Waals surface area contributed by atoms with Crippen molar-refractivity contribution in [3.63, 3.8) is 0 Å². The van der Waals surface area contributed by atoms with Gasteiger partial charge in [0.2, 0.25) is 0 Å². The molecule has 9 heteroatoms. The lowest BCUT2D eigenvalue weighted by Crippen LogP contribution is -2.27. The minimum absolute atomic E-state index is 0.0897. The van der Waals surface area contributed by atoms with E-state index in [4.69, 9.17) is 9.47 Å². The maximum atomic E-state index is 12.2. The predicted molar refractivity (Wildman–Crippen MR) is 80.8 cm³/mol. The molecular weight excluding hydrogens is 304 g/mol. The Balaban J connectivity index is 1.95. The predicted octanol–water partition coefficient (Wildman–Crippen LogP) is 1.24. The molecule has 9 nitrogen and oxygen atoms in total. The Morgan fingerprint density at radius 1 is 1.39 bits per heavy atom. The Morgan fingerprint density at radius 3 is 2.78 bits per heavy atom. The lowest BCUT2D eigenvalue weighted by Gasteiger charge is -2.10. The van der Waals surface area contributed by atoms with Gasteiger partial charge in [-0.2, -0.15) is 5.10 Å². The maximum Gasteiger partial charge on any atom is 0.306 e. The number of amides is 1. The van der Waals surface area contributed by atoms with Crippen molar-refractivity contribution < 1.29 is 19.2 Å². The number of nitrogens with zero attached hydrogens (tertiary/aromatic N) is 3.